The Morgan fingerprint density at radius 2 is 2.36 bits per heavy atom. The molecular weight excluding hydrogens is 185 g/mol. The second kappa shape index (κ2) is 3.28. The van der Waals surface area contributed by atoms with E-state index in [1.165, 1.54) is 6.92 Å². The second-order valence-corrected chi connectivity index (χ2v) is 3.04. The highest BCUT2D eigenvalue weighted by molar-refractivity contribution is 6.33. The summed E-state index contributed by atoms with van der Waals surface area (Å²) in [5, 5.41) is 3.03. The first kappa shape index (κ1) is 8.62. The monoisotopic (exact) mass is 191 g/mol. The molecule has 1 rings (SSSR count). The average molecular weight is 192 g/mol. The summed E-state index contributed by atoms with van der Waals surface area (Å²) in [6.07, 6.45) is 3.29. The van der Waals surface area contributed by atoms with Gasteiger partial charge in [-0.3, -0.25) is 4.79 Å². The van der Waals surface area contributed by atoms with Crippen molar-refractivity contribution in [1.82, 2.24) is 5.32 Å². The van der Waals surface area contributed by atoms with E-state index in [4.69, 9.17) is 23.2 Å². The highest BCUT2D eigenvalue weighted by atomic mass is 35.5. The molecule has 0 saturated carbocycles. The van der Waals surface area contributed by atoms with Crippen LogP contribution in [0.1, 0.15) is 6.92 Å². The number of carbonyl (C=O) groups is 1. The van der Waals surface area contributed by atoms with Crippen LogP contribution in [0.15, 0.2) is 22.9 Å². The number of Topliss-reactive ketones (excluding diaryl/α,β-unsaturated/α-hetero) is 1. The lowest BCUT2D eigenvalue weighted by Crippen LogP contribution is -2.24. The van der Waals surface area contributed by atoms with Crippen molar-refractivity contribution in [3.8, 4) is 0 Å². The molecule has 0 saturated heterocycles. The Labute approximate surface area is 74.9 Å². The molecule has 0 fully saturated rings. The number of dihydropyridines is 1. The Morgan fingerprint density at radius 1 is 1.73 bits per heavy atom. The average Bonchev–Trinajstić information content (AvgIpc) is 1.85. The summed E-state index contributed by atoms with van der Waals surface area (Å²) < 4.78 is 0. The van der Waals surface area contributed by atoms with Gasteiger partial charge in [-0.1, -0.05) is 23.2 Å². The van der Waals surface area contributed by atoms with E-state index in [0.29, 0.717) is 10.7 Å². The van der Waals surface area contributed by atoms with E-state index in [0.717, 1.165) is 0 Å². The molecule has 1 heterocycles. The number of hydrogen-bond acceptors (Lipinski definition) is 2. The van der Waals surface area contributed by atoms with Crippen molar-refractivity contribution in [2.75, 3.05) is 0 Å². The van der Waals surface area contributed by atoms with Crippen molar-refractivity contribution in [2.45, 2.75) is 12.4 Å². The lowest BCUT2D eigenvalue weighted by Gasteiger charge is -2.14. The normalized spacial score (nSPS) is 23.4. The summed E-state index contributed by atoms with van der Waals surface area (Å²) in [4.78, 5) is 10.8. The van der Waals surface area contributed by atoms with Gasteiger partial charge in [0, 0.05) is 0 Å². The van der Waals surface area contributed by atoms with E-state index >= 15 is 0 Å². The summed E-state index contributed by atoms with van der Waals surface area (Å²) in [6.45, 7) is 1.46. The van der Waals surface area contributed by atoms with Gasteiger partial charge in [0.2, 0.25) is 0 Å². The maximum atomic E-state index is 10.8. The zero-order chi connectivity index (χ0) is 8.43. The standard InChI is InChI=1S/C7H7Cl2NO/c1-4(11)5-2-3-6(8)10-7(5)9/h2-3,6,10H,1H3. The smallest absolute Gasteiger partial charge is 0.162 e. The highest BCUT2D eigenvalue weighted by Crippen LogP contribution is 2.16. The van der Waals surface area contributed by atoms with E-state index in [2.05, 4.69) is 5.32 Å². The zero-order valence-corrected chi connectivity index (χ0v) is 7.41. The van der Waals surface area contributed by atoms with Crippen LogP contribution in [0.4, 0.5) is 0 Å². The van der Waals surface area contributed by atoms with Crippen LogP contribution in [0, 0.1) is 0 Å². The van der Waals surface area contributed by atoms with E-state index in [1.807, 2.05) is 0 Å². The third-order valence-electron chi connectivity index (χ3n) is 1.31. The molecule has 1 unspecified atom stereocenters. The fraction of sp³-hybridized carbons (Fsp3) is 0.286. The zero-order valence-electron chi connectivity index (χ0n) is 5.90. The number of halogens is 2. The molecule has 0 aromatic carbocycles. The minimum Gasteiger partial charge on any atom is -0.356 e. The topological polar surface area (TPSA) is 29.1 Å². The van der Waals surface area contributed by atoms with E-state index in [-0.39, 0.29) is 11.3 Å². The molecule has 4 heteroatoms. The Kier molecular flexibility index (Phi) is 2.58. The quantitative estimate of drug-likeness (QED) is 0.506. The van der Waals surface area contributed by atoms with Gasteiger partial charge in [0.25, 0.3) is 0 Å². The largest absolute Gasteiger partial charge is 0.356 e. The van der Waals surface area contributed by atoms with Gasteiger partial charge in [-0.2, -0.15) is 0 Å². The molecule has 2 nitrogen and oxygen atoms in total. The molecule has 0 aromatic rings. The van der Waals surface area contributed by atoms with Crippen LogP contribution >= 0.6 is 23.2 Å². The second-order valence-electron chi connectivity index (χ2n) is 2.19. The van der Waals surface area contributed by atoms with Gasteiger partial charge in [-0.25, -0.2) is 0 Å². The molecule has 0 amide bonds. The molecule has 0 aliphatic carbocycles. The molecule has 0 bridgehead atoms. The minimum absolute atomic E-state index is 0.0673. The first-order valence-corrected chi connectivity index (χ1v) is 3.92. The van der Waals surface area contributed by atoms with Gasteiger partial charge < -0.3 is 5.32 Å². The number of rotatable bonds is 1. The highest BCUT2D eigenvalue weighted by Gasteiger charge is 2.13. The first-order valence-electron chi connectivity index (χ1n) is 3.11. The summed E-state index contributed by atoms with van der Waals surface area (Å²) >= 11 is 11.3. The van der Waals surface area contributed by atoms with Gasteiger partial charge in [0.1, 0.15) is 10.7 Å². The van der Waals surface area contributed by atoms with Crippen LogP contribution in [0.3, 0.4) is 0 Å². The van der Waals surface area contributed by atoms with Crippen LogP contribution in [0.25, 0.3) is 0 Å². The fourth-order valence-electron chi connectivity index (χ4n) is 0.773. The molecule has 0 spiro atoms. The van der Waals surface area contributed by atoms with Crippen molar-refractivity contribution in [2.24, 2.45) is 0 Å². The molecule has 0 radical (unpaired) electrons. The number of ketones is 1. The Bertz CT molecular complexity index is 245. The number of hydrogen-bond donors (Lipinski definition) is 1. The van der Waals surface area contributed by atoms with Crippen molar-refractivity contribution in [3.05, 3.63) is 22.9 Å². The molecule has 60 valence electrons. The Hall–Kier alpha value is -0.470. The Morgan fingerprint density at radius 3 is 2.82 bits per heavy atom. The predicted molar refractivity (Wildman–Crippen MR) is 45.5 cm³/mol. The van der Waals surface area contributed by atoms with Crippen LogP contribution < -0.4 is 5.32 Å². The SMILES string of the molecule is CC(=O)C1=C(Cl)NC(Cl)C=C1. The molecule has 11 heavy (non-hydrogen) atoms. The molecular formula is C7H7Cl2NO. The van der Waals surface area contributed by atoms with Crippen LogP contribution in [-0.2, 0) is 4.79 Å². The lowest BCUT2D eigenvalue weighted by atomic mass is 10.1. The van der Waals surface area contributed by atoms with E-state index in [9.17, 15) is 4.79 Å². The van der Waals surface area contributed by atoms with Gasteiger partial charge in [0.15, 0.2) is 5.78 Å². The summed E-state index contributed by atoms with van der Waals surface area (Å²) in [6, 6.07) is 0. The summed E-state index contributed by atoms with van der Waals surface area (Å²) in [7, 11) is 0. The van der Waals surface area contributed by atoms with Gasteiger partial charge in [-0.15, -0.1) is 0 Å². The van der Waals surface area contributed by atoms with Crippen molar-refractivity contribution >= 4 is 29.0 Å². The van der Waals surface area contributed by atoms with Gasteiger partial charge >= 0.3 is 0 Å². The molecule has 1 aliphatic rings. The van der Waals surface area contributed by atoms with E-state index < -0.39 is 0 Å². The summed E-state index contributed by atoms with van der Waals surface area (Å²) in [5.41, 5.74) is 0.161. The van der Waals surface area contributed by atoms with Crippen molar-refractivity contribution in [3.63, 3.8) is 0 Å². The van der Waals surface area contributed by atoms with E-state index in [1.54, 1.807) is 12.2 Å². The van der Waals surface area contributed by atoms with Gasteiger partial charge in [0.05, 0.1) is 5.57 Å². The molecule has 1 atom stereocenters. The van der Waals surface area contributed by atoms with Crippen LogP contribution in [0.2, 0.25) is 0 Å². The Balaban J connectivity index is 2.88. The predicted octanol–water partition coefficient (Wildman–Crippen LogP) is 1.75. The third kappa shape index (κ3) is 1.98. The molecule has 0 aromatic heterocycles. The summed E-state index contributed by atoms with van der Waals surface area (Å²) in [5.74, 6) is -0.0673. The molecule has 1 N–H and O–H groups in total. The molecule has 1 aliphatic heterocycles. The number of alkyl halides is 1. The van der Waals surface area contributed by atoms with Crippen molar-refractivity contribution < 1.29 is 4.79 Å². The van der Waals surface area contributed by atoms with Crippen molar-refractivity contribution in [1.29, 1.82) is 0 Å². The lowest BCUT2D eigenvalue weighted by molar-refractivity contribution is -0.113. The number of allylic oxidation sites excluding steroid dienone is 2. The maximum Gasteiger partial charge on any atom is 0.162 e. The number of carbonyl (C=O) groups excluding carboxylic acids is 1. The minimum atomic E-state index is -0.314. The first-order chi connectivity index (χ1) is 5.11. The third-order valence-corrected chi connectivity index (χ3v) is 1.88. The fourth-order valence-corrected chi connectivity index (χ4v) is 1.32. The van der Waals surface area contributed by atoms with Gasteiger partial charge in [-0.05, 0) is 19.1 Å². The van der Waals surface area contributed by atoms with Crippen LogP contribution in [0.5, 0.6) is 0 Å². The van der Waals surface area contributed by atoms with Crippen LogP contribution in [-0.4, -0.2) is 11.3 Å². The number of nitrogens with one attached hydrogen (secondary N) is 1. The maximum absolute atomic E-state index is 10.8.